The summed E-state index contributed by atoms with van der Waals surface area (Å²) in [6.45, 7) is 3.05. The molecule has 1 aromatic heterocycles. The summed E-state index contributed by atoms with van der Waals surface area (Å²) in [6.07, 6.45) is 2.49. The zero-order chi connectivity index (χ0) is 21.6. The van der Waals surface area contributed by atoms with E-state index in [1.165, 1.54) is 19.9 Å². The van der Waals surface area contributed by atoms with Crippen LogP contribution in [0, 0.1) is 29.1 Å². The van der Waals surface area contributed by atoms with Gasteiger partial charge in [0.2, 0.25) is 0 Å². The summed E-state index contributed by atoms with van der Waals surface area (Å²) < 4.78 is 76.4. The van der Waals surface area contributed by atoms with Crippen LogP contribution in [0.15, 0.2) is 30.3 Å². The number of ether oxygens (including phenoxy) is 1. The van der Waals surface area contributed by atoms with Crippen LogP contribution in [-0.4, -0.2) is 14.8 Å². The third kappa shape index (κ3) is 3.53. The molecule has 1 aliphatic carbocycles. The van der Waals surface area contributed by atoms with E-state index in [0.717, 1.165) is 31.4 Å². The van der Waals surface area contributed by atoms with Gasteiger partial charge < -0.3 is 9.30 Å². The molecule has 0 saturated heterocycles. The molecular weight excluding hydrogens is 405 g/mol. The molecule has 1 aliphatic rings. The van der Waals surface area contributed by atoms with Crippen LogP contribution in [-0.2, 0) is 5.60 Å². The molecular formula is C21H18F5N3O. The molecule has 158 valence electrons. The molecule has 4 rings (SSSR count). The molecule has 0 aliphatic heterocycles. The molecule has 30 heavy (non-hydrogen) atoms. The van der Waals surface area contributed by atoms with Gasteiger partial charge in [0.15, 0.2) is 34.6 Å². The molecule has 1 saturated carbocycles. The lowest BCUT2D eigenvalue weighted by atomic mass is 9.91. The second kappa shape index (κ2) is 7.37. The van der Waals surface area contributed by atoms with Crippen molar-refractivity contribution in [2.24, 2.45) is 0 Å². The smallest absolute Gasteiger partial charge is 0.192 e. The van der Waals surface area contributed by atoms with E-state index in [4.69, 9.17) is 4.74 Å². The summed E-state index contributed by atoms with van der Waals surface area (Å²) in [7, 11) is 0. The van der Waals surface area contributed by atoms with Gasteiger partial charge in [-0.15, -0.1) is 10.2 Å². The van der Waals surface area contributed by atoms with Crippen molar-refractivity contribution in [1.29, 1.82) is 0 Å². The van der Waals surface area contributed by atoms with Crippen molar-refractivity contribution in [3.05, 3.63) is 65.2 Å². The van der Waals surface area contributed by atoms with Crippen molar-refractivity contribution in [3.8, 4) is 17.1 Å². The van der Waals surface area contributed by atoms with E-state index in [-0.39, 0.29) is 23.3 Å². The van der Waals surface area contributed by atoms with Crippen LogP contribution in [0.3, 0.4) is 0 Å². The topological polar surface area (TPSA) is 39.9 Å². The molecule has 1 fully saturated rings. The molecule has 0 spiro atoms. The van der Waals surface area contributed by atoms with Crippen molar-refractivity contribution in [2.75, 3.05) is 0 Å². The van der Waals surface area contributed by atoms with Crippen LogP contribution in [0.1, 0.15) is 45.0 Å². The van der Waals surface area contributed by atoms with Crippen LogP contribution < -0.4 is 4.74 Å². The monoisotopic (exact) mass is 423 g/mol. The fraction of sp³-hybridized carbons (Fsp3) is 0.333. The van der Waals surface area contributed by atoms with Gasteiger partial charge in [0.1, 0.15) is 17.5 Å². The van der Waals surface area contributed by atoms with Crippen LogP contribution >= 0.6 is 0 Å². The van der Waals surface area contributed by atoms with E-state index in [1.54, 1.807) is 4.57 Å². The molecule has 0 radical (unpaired) electrons. The van der Waals surface area contributed by atoms with Gasteiger partial charge >= 0.3 is 0 Å². The fourth-order valence-corrected chi connectivity index (χ4v) is 3.47. The Morgan fingerprint density at radius 2 is 1.53 bits per heavy atom. The van der Waals surface area contributed by atoms with Gasteiger partial charge in [-0.25, -0.2) is 22.0 Å². The summed E-state index contributed by atoms with van der Waals surface area (Å²) in [5, 5.41) is 8.18. The first-order valence-electron chi connectivity index (χ1n) is 9.42. The van der Waals surface area contributed by atoms with E-state index < -0.39 is 40.4 Å². The SMILES string of the molecule is CC(C)(Oc1c(F)cc(F)cc1F)c1nnc(-c2ccc(F)cc2F)n1C1CCC1. The minimum absolute atomic E-state index is 0.0528. The first-order valence-corrected chi connectivity index (χ1v) is 9.42. The van der Waals surface area contributed by atoms with Gasteiger partial charge in [0, 0.05) is 24.2 Å². The normalized spacial score (nSPS) is 14.6. The molecule has 4 nitrogen and oxygen atoms in total. The summed E-state index contributed by atoms with van der Waals surface area (Å²) in [6, 6.07) is 4.10. The molecule has 9 heteroatoms. The van der Waals surface area contributed by atoms with Crippen molar-refractivity contribution in [3.63, 3.8) is 0 Å². The predicted octanol–water partition coefficient (Wildman–Crippen LogP) is 5.68. The van der Waals surface area contributed by atoms with Crippen molar-refractivity contribution >= 4 is 0 Å². The molecule has 3 aromatic rings. The third-order valence-corrected chi connectivity index (χ3v) is 5.17. The van der Waals surface area contributed by atoms with Crippen LogP contribution in [0.25, 0.3) is 11.4 Å². The summed E-state index contributed by atoms with van der Waals surface area (Å²) in [5.74, 6) is -5.35. The molecule has 1 heterocycles. The van der Waals surface area contributed by atoms with Gasteiger partial charge in [0.25, 0.3) is 0 Å². The Morgan fingerprint density at radius 3 is 2.10 bits per heavy atom. The van der Waals surface area contributed by atoms with Gasteiger partial charge in [-0.05, 0) is 45.2 Å². The highest BCUT2D eigenvalue weighted by atomic mass is 19.2. The molecule has 0 atom stereocenters. The summed E-state index contributed by atoms with van der Waals surface area (Å²) in [5.41, 5.74) is -1.34. The highest BCUT2D eigenvalue weighted by Crippen LogP contribution is 2.40. The average molecular weight is 423 g/mol. The average Bonchev–Trinajstić information content (AvgIpc) is 3.02. The van der Waals surface area contributed by atoms with Gasteiger partial charge in [-0.3, -0.25) is 0 Å². The van der Waals surface area contributed by atoms with E-state index in [9.17, 15) is 22.0 Å². The molecule has 0 unspecified atom stereocenters. The van der Waals surface area contributed by atoms with Gasteiger partial charge in [-0.1, -0.05) is 0 Å². The van der Waals surface area contributed by atoms with E-state index in [1.807, 2.05) is 0 Å². The fourth-order valence-electron chi connectivity index (χ4n) is 3.47. The Labute approximate surface area is 169 Å². The maximum atomic E-state index is 14.4. The number of hydrogen-bond acceptors (Lipinski definition) is 3. The number of halogens is 5. The zero-order valence-electron chi connectivity index (χ0n) is 16.2. The molecule has 2 aromatic carbocycles. The number of nitrogens with zero attached hydrogens (tertiary/aromatic N) is 3. The highest BCUT2D eigenvalue weighted by Gasteiger charge is 2.37. The number of hydrogen-bond donors (Lipinski definition) is 0. The molecule has 0 N–H and O–H groups in total. The van der Waals surface area contributed by atoms with E-state index in [2.05, 4.69) is 10.2 Å². The Kier molecular flexibility index (Phi) is 4.99. The van der Waals surface area contributed by atoms with Crippen molar-refractivity contribution < 1.29 is 26.7 Å². The molecule has 0 amide bonds. The zero-order valence-corrected chi connectivity index (χ0v) is 16.2. The van der Waals surface area contributed by atoms with Crippen LogP contribution in [0.5, 0.6) is 5.75 Å². The maximum Gasteiger partial charge on any atom is 0.192 e. The van der Waals surface area contributed by atoms with E-state index >= 15 is 0 Å². The summed E-state index contributed by atoms with van der Waals surface area (Å²) in [4.78, 5) is 0. The predicted molar refractivity (Wildman–Crippen MR) is 98.2 cm³/mol. The first kappa shape index (κ1) is 20.3. The molecule has 0 bridgehead atoms. The largest absolute Gasteiger partial charge is 0.474 e. The lowest BCUT2D eigenvalue weighted by Crippen LogP contribution is -2.33. The number of rotatable bonds is 5. The van der Waals surface area contributed by atoms with E-state index in [0.29, 0.717) is 12.1 Å². The maximum absolute atomic E-state index is 14.4. The number of aromatic nitrogens is 3. The lowest BCUT2D eigenvalue weighted by Gasteiger charge is -2.33. The lowest BCUT2D eigenvalue weighted by molar-refractivity contribution is 0.0775. The number of benzene rings is 2. The van der Waals surface area contributed by atoms with Gasteiger partial charge in [0.05, 0.1) is 5.56 Å². The Morgan fingerprint density at radius 1 is 0.900 bits per heavy atom. The standard InChI is InChI=1S/C21H18F5N3O/c1-21(2,30-18-16(25)9-12(23)10-17(18)26)20-28-27-19(29(20)13-4-3-5-13)14-7-6-11(22)8-15(14)24/h6-10,13H,3-5H2,1-2H3. The third-order valence-electron chi connectivity index (χ3n) is 5.17. The van der Waals surface area contributed by atoms with Crippen LogP contribution in [0.4, 0.5) is 22.0 Å². The van der Waals surface area contributed by atoms with Gasteiger partial charge in [-0.2, -0.15) is 0 Å². The Bertz CT molecular complexity index is 1090. The Hall–Kier alpha value is -2.97. The highest BCUT2D eigenvalue weighted by molar-refractivity contribution is 5.57. The summed E-state index contributed by atoms with van der Waals surface area (Å²) >= 11 is 0. The minimum atomic E-state index is -1.39. The van der Waals surface area contributed by atoms with Crippen molar-refractivity contribution in [2.45, 2.75) is 44.8 Å². The second-order valence-electron chi connectivity index (χ2n) is 7.74. The second-order valence-corrected chi connectivity index (χ2v) is 7.74. The first-order chi connectivity index (χ1) is 14.2. The Balaban J connectivity index is 1.80. The quantitative estimate of drug-likeness (QED) is 0.496. The minimum Gasteiger partial charge on any atom is -0.474 e. The van der Waals surface area contributed by atoms with Crippen molar-refractivity contribution in [1.82, 2.24) is 14.8 Å². The van der Waals surface area contributed by atoms with Crippen LogP contribution in [0.2, 0.25) is 0 Å².